The number of carboxylic acids is 1. The van der Waals surface area contributed by atoms with Gasteiger partial charge in [0.15, 0.2) is 0 Å². The molecule has 0 spiro atoms. The van der Waals surface area contributed by atoms with Crippen LogP contribution in [0.1, 0.15) is 27.2 Å². The molecule has 1 N–H and O–H groups in total. The van der Waals surface area contributed by atoms with Gasteiger partial charge in [0.1, 0.15) is 5.25 Å². The monoisotopic (exact) mass is 192 g/mol. The van der Waals surface area contributed by atoms with Crippen molar-refractivity contribution >= 4 is 16.8 Å². The smallest absolute Gasteiger partial charge is 0.318 e. The Labute approximate surface area is 75.6 Å². The van der Waals surface area contributed by atoms with E-state index in [-0.39, 0.29) is 0 Å². The van der Waals surface area contributed by atoms with Gasteiger partial charge in [-0.05, 0) is 12.8 Å². The van der Waals surface area contributed by atoms with E-state index in [1.165, 1.54) is 6.92 Å². The standard InChI is InChI=1S/C8H16O3S/c1-4-6(2)5-12(11)7(3)8(9)10/h6-7H,4-5H2,1-3H3,(H,9,10). The summed E-state index contributed by atoms with van der Waals surface area (Å²) in [7, 11) is -1.22. The van der Waals surface area contributed by atoms with Crippen LogP contribution in [0.5, 0.6) is 0 Å². The van der Waals surface area contributed by atoms with Crippen molar-refractivity contribution in [3.05, 3.63) is 0 Å². The van der Waals surface area contributed by atoms with Gasteiger partial charge in [-0.15, -0.1) is 0 Å². The molecule has 0 bridgehead atoms. The first-order valence-corrected chi connectivity index (χ1v) is 5.47. The van der Waals surface area contributed by atoms with Gasteiger partial charge in [-0.2, -0.15) is 0 Å². The van der Waals surface area contributed by atoms with Crippen molar-refractivity contribution in [2.24, 2.45) is 5.92 Å². The quantitative estimate of drug-likeness (QED) is 0.713. The Hall–Kier alpha value is -0.380. The van der Waals surface area contributed by atoms with Gasteiger partial charge in [0.25, 0.3) is 0 Å². The third kappa shape index (κ3) is 3.85. The minimum atomic E-state index is -1.22. The molecule has 3 nitrogen and oxygen atoms in total. The Morgan fingerprint density at radius 3 is 2.33 bits per heavy atom. The number of hydrogen-bond acceptors (Lipinski definition) is 2. The summed E-state index contributed by atoms with van der Waals surface area (Å²) < 4.78 is 11.3. The lowest BCUT2D eigenvalue weighted by Gasteiger charge is -2.10. The van der Waals surface area contributed by atoms with Crippen LogP contribution in [0, 0.1) is 5.92 Å². The second-order valence-corrected chi connectivity index (χ2v) is 4.84. The fourth-order valence-corrected chi connectivity index (χ4v) is 1.97. The number of rotatable bonds is 5. The zero-order valence-electron chi connectivity index (χ0n) is 7.74. The first-order chi connectivity index (χ1) is 5.49. The van der Waals surface area contributed by atoms with E-state index in [1.54, 1.807) is 0 Å². The van der Waals surface area contributed by atoms with Crippen molar-refractivity contribution in [2.75, 3.05) is 5.75 Å². The van der Waals surface area contributed by atoms with Crippen molar-refractivity contribution in [1.29, 1.82) is 0 Å². The third-order valence-electron chi connectivity index (χ3n) is 1.89. The highest BCUT2D eigenvalue weighted by Gasteiger charge is 2.19. The molecule has 0 radical (unpaired) electrons. The largest absolute Gasteiger partial charge is 0.480 e. The molecule has 3 unspecified atom stereocenters. The predicted octanol–water partition coefficient (Wildman–Crippen LogP) is 1.25. The normalized spacial score (nSPS) is 18.2. The van der Waals surface area contributed by atoms with Gasteiger partial charge in [0.2, 0.25) is 0 Å². The molecule has 12 heavy (non-hydrogen) atoms. The van der Waals surface area contributed by atoms with Crippen LogP contribution in [0.2, 0.25) is 0 Å². The second kappa shape index (κ2) is 5.30. The number of aliphatic carboxylic acids is 1. The maximum Gasteiger partial charge on any atom is 0.318 e. The maximum absolute atomic E-state index is 11.3. The van der Waals surface area contributed by atoms with Crippen LogP contribution in [0.3, 0.4) is 0 Å². The summed E-state index contributed by atoms with van der Waals surface area (Å²) in [6.45, 7) is 5.47. The van der Waals surface area contributed by atoms with Gasteiger partial charge in [0, 0.05) is 16.6 Å². The molecule has 72 valence electrons. The molecular weight excluding hydrogens is 176 g/mol. The fourth-order valence-electron chi connectivity index (χ4n) is 0.655. The van der Waals surface area contributed by atoms with Gasteiger partial charge < -0.3 is 5.11 Å². The SMILES string of the molecule is CCC(C)CS(=O)C(C)C(=O)O. The lowest BCUT2D eigenvalue weighted by molar-refractivity contribution is -0.136. The molecule has 0 aliphatic rings. The van der Waals surface area contributed by atoms with Gasteiger partial charge in [-0.25, -0.2) is 0 Å². The lowest BCUT2D eigenvalue weighted by atomic mass is 10.2. The molecular formula is C8H16O3S. The molecule has 0 aromatic rings. The van der Waals surface area contributed by atoms with Crippen LogP contribution in [-0.4, -0.2) is 26.3 Å². The molecule has 4 heteroatoms. The minimum absolute atomic E-state index is 0.340. The van der Waals surface area contributed by atoms with E-state index < -0.39 is 22.0 Å². The van der Waals surface area contributed by atoms with Crippen LogP contribution in [0.4, 0.5) is 0 Å². The maximum atomic E-state index is 11.3. The van der Waals surface area contributed by atoms with Crippen molar-refractivity contribution in [3.63, 3.8) is 0 Å². The molecule has 0 aromatic heterocycles. The van der Waals surface area contributed by atoms with Crippen molar-refractivity contribution in [1.82, 2.24) is 0 Å². The van der Waals surface area contributed by atoms with Crippen molar-refractivity contribution in [3.8, 4) is 0 Å². The molecule has 3 atom stereocenters. The van der Waals surface area contributed by atoms with Crippen LogP contribution >= 0.6 is 0 Å². The zero-order chi connectivity index (χ0) is 9.72. The highest BCUT2D eigenvalue weighted by molar-refractivity contribution is 7.86. The number of carboxylic acid groups (broad SMARTS) is 1. The first-order valence-electron chi connectivity index (χ1n) is 4.09. The van der Waals surface area contributed by atoms with E-state index in [9.17, 15) is 9.00 Å². The average molecular weight is 192 g/mol. The molecule has 0 saturated carbocycles. The molecule has 0 saturated heterocycles. The van der Waals surface area contributed by atoms with Crippen molar-refractivity contribution < 1.29 is 14.1 Å². The van der Waals surface area contributed by atoms with Gasteiger partial charge in [-0.1, -0.05) is 20.3 Å². The summed E-state index contributed by atoms with van der Waals surface area (Å²) in [6.07, 6.45) is 0.943. The zero-order valence-corrected chi connectivity index (χ0v) is 8.56. The Morgan fingerprint density at radius 1 is 1.50 bits per heavy atom. The summed E-state index contributed by atoms with van der Waals surface area (Å²) in [5, 5.41) is 7.81. The third-order valence-corrected chi connectivity index (χ3v) is 3.78. The average Bonchev–Trinajstić information content (AvgIpc) is 2.02. The molecule has 0 aromatic carbocycles. The summed E-state index contributed by atoms with van der Waals surface area (Å²) in [4.78, 5) is 10.4. The number of hydrogen-bond donors (Lipinski definition) is 1. The highest BCUT2D eigenvalue weighted by Crippen LogP contribution is 2.06. The van der Waals surface area contributed by atoms with E-state index in [4.69, 9.17) is 5.11 Å². The van der Waals surface area contributed by atoms with Crippen LogP contribution in [-0.2, 0) is 15.6 Å². The first kappa shape index (κ1) is 11.6. The fraction of sp³-hybridized carbons (Fsp3) is 0.875. The van der Waals surface area contributed by atoms with E-state index >= 15 is 0 Å². The lowest BCUT2D eigenvalue weighted by Crippen LogP contribution is -2.25. The molecule has 0 aliphatic carbocycles. The summed E-state index contributed by atoms with van der Waals surface area (Å²) in [5.74, 6) is -0.145. The Balaban J connectivity index is 3.95. The topological polar surface area (TPSA) is 54.4 Å². The van der Waals surface area contributed by atoms with Gasteiger partial charge >= 0.3 is 5.97 Å². The van der Waals surface area contributed by atoms with E-state index in [1.807, 2.05) is 13.8 Å². The summed E-state index contributed by atoms with van der Waals surface area (Å²) in [6, 6.07) is 0. The van der Waals surface area contributed by atoms with E-state index in [0.29, 0.717) is 11.7 Å². The summed E-state index contributed by atoms with van der Waals surface area (Å²) in [5.41, 5.74) is 0. The van der Waals surface area contributed by atoms with E-state index in [2.05, 4.69) is 0 Å². The predicted molar refractivity (Wildman–Crippen MR) is 49.6 cm³/mol. The Morgan fingerprint density at radius 2 is 2.00 bits per heavy atom. The Bertz CT molecular complexity index is 179. The van der Waals surface area contributed by atoms with Crippen LogP contribution in [0.15, 0.2) is 0 Å². The minimum Gasteiger partial charge on any atom is -0.480 e. The molecule has 0 rings (SSSR count). The van der Waals surface area contributed by atoms with Crippen LogP contribution in [0.25, 0.3) is 0 Å². The number of carbonyl (C=O) groups is 1. The van der Waals surface area contributed by atoms with Gasteiger partial charge in [-0.3, -0.25) is 9.00 Å². The molecule has 0 aliphatic heterocycles. The summed E-state index contributed by atoms with van der Waals surface area (Å²) >= 11 is 0. The molecule has 0 heterocycles. The van der Waals surface area contributed by atoms with Gasteiger partial charge in [0.05, 0.1) is 0 Å². The van der Waals surface area contributed by atoms with Crippen LogP contribution < -0.4 is 0 Å². The second-order valence-electron chi connectivity index (χ2n) is 3.04. The molecule has 0 amide bonds. The highest BCUT2D eigenvalue weighted by atomic mass is 32.2. The Kier molecular flexibility index (Phi) is 5.13. The van der Waals surface area contributed by atoms with E-state index in [0.717, 1.165) is 6.42 Å². The van der Waals surface area contributed by atoms with Crippen molar-refractivity contribution in [2.45, 2.75) is 32.4 Å². The molecule has 0 fully saturated rings.